The minimum absolute atomic E-state index is 0.303. The van der Waals surface area contributed by atoms with Gasteiger partial charge in [0.1, 0.15) is 0 Å². The number of nitrogens with one attached hydrogen (secondary N) is 1. The van der Waals surface area contributed by atoms with Crippen LogP contribution in [0.15, 0.2) is 22.7 Å². The van der Waals surface area contributed by atoms with E-state index in [2.05, 4.69) is 26.0 Å². The Kier molecular flexibility index (Phi) is 5.80. The van der Waals surface area contributed by atoms with Gasteiger partial charge in [0.05, 0.1) is 12.7 Å². The van der Waals surface area contributed by atoms with Crippen molar-refractivity contribution < 1.29 is 14.3 Å². The minimum Gasteiger partial charge on any atom is -0.465 e. The second-order valence-corrected chi connectivity index (χ2v) is 4.55. The van der Waals surface area contributed by atoms with E-state index in [1.54, 1.807) is 12.1 Å². The molecule has 0 spiro atoms. The van der Waals surface area contributed by atoms with Crippen LogP contribution in [-0.2, 0) is 16.1 Å². The van der Waals surface area contributed by atoms with Crippen molar-refractivity contribution >= 4 is 27.8 Å². The Balaban J connectivity index is 2.57. The number of halogens is 1. The van der Waals surface area contributed by atoms with E-state index in [1.807, 2.05) is 6.07 Å². The average Bonchev–Trinajstić information content (AvgIpc) is 2.34. The van der Waals surface area contributed by atoms with E-state index in [0.29, 0.717) is 25.1 Å². The van der Waals surface area contributed by atoms with Crippen LogP contribution in [0.1, 0.15) is 22.3 Å². The molecule has 98 valence electrons. The SMILES string of the molecule is COC(=O)c1ccc(CNCCC(N)=O)c(Br)c1. The van der Waals surface area contributed by atoms with E-state index in [4.69, 9.17) is 5.73 Å². The van der Waals surface area contributed by atoms with Crippen LogP contribution in [0.5, 0.6) is 0 Å². The van der Waals surface area contributed by atoms with Crippen LogP contribution in [0, 0.1) is 0 Å². The van der Waals surface area contributed by atoms with Gasteiger partial charge in [-0.3, -0.25) is 4.79 Å². The monoisotopic (exact) mass is 314 g/mol. The predicted molar refractivity (Wildman–Crippen MR) is 71.0 cm³/mol. The second kappa shape index (κ2) is 7.13. The second-order valence-electron chi connectivity index (χ2n) is 3.69. The molecule has 0 unspecified atom stereocenters. The predicted octanol–water partition coefficient (Wildman–Crippen LogP) is 1.20. The molecule has 0 heterocycles. The summed E-state index contributed by atoms with van der Waals surface area (Å²) in [6.45, 7) is 1.12. The molecule has 0 saturated heterocycles. The number of rotatable bonds is 6. The lowest BCUT2D eigenvalue weighted by atomic mass is 10.1. The fraction of sp³-hybridized carbons (Fsp3) is 0.333. The lowest BCUT2D eigenvalue weighted by molar-refractivity contribution is -0.117. The van der Waals surface area contributed by atoms with Crippen molar-refractivity contribution in [3.05, 3.63) is 33.8 Å². The third-order valence-electron chi connectivity index (χ3n) is 2.34. The number of methoxy groups -OCH3 is 1. The zero-order valence-electron chi connectivity index (χ0n) is 10.0. The van der Waals surface area contributed by atoms with Crippen molar-refractivity contribution in [3.63, 3.8) is 0 Å². The van der Waals surface area contributed by atoms with Crippen LogP contribution in [0.25, 0.3) is 0 Å². The molecule has 0 aromatic heterocycles. The van der Waals surface area contributed by atoms with Crippen molar-refractivity contribution in [1.29, 1.82) is 0 Å². The van der Waals surface area contributed by atoms with Crippen molar-refractivity contribution in [2.45, 2.75) is 13.0 Å². The summed E-state index contributed by atoms with van der Waals surface area (Å²) in [6, 6.07) is 5.23. The molecule has 1 amide bonds. The van der Waals surface area contributed by atoms with E-state index in [9.17, 15) is 9.59 Å². The van der Waals surface area contributed by atoms with Gasteiger partial charge in [-0.05, 0) is 17.7 Å². The number of benzene rings is 1. The first-order valence-electron chi connectivity index (χ1n) is 5.40. The molecule has 0 bridgehead atoms. The molecule has 0 radical (unpaired) electrons. The largest absolute Gasteiger partial charge is 0.465 e. The first-order chi connectivity index (χ1) is 8.54. The molecule has 0 atom stereocenters. The smallest absolute Gasteiger partial charge is 0.337 e. The van der Waals surface area contributed by atoms with Gasteiger partial charge in [-0.1, -0.05) is 22.0 Å². The fourth-order valence-corrected chi connectivity index (χ4v) is 1.89. The molecule has 1 aromatic carbocycles. The molecular weight excluding hydrogens is 300 g/mol. The number of amides is 1. The molecule has 0 aliphatic carbocycles. The molecule has 0 saturated carbocycles. The van der Waals surface area contributed by atoms with Crippen LogP contribution >= 0.6 is 15.9 Å². The highest BCUT2D eigenvalue weighted by Gasteiger charge is 2.08. The number of carbonyl (C=O) groups excluding carboxylic acids is 2. The van der Waals surface area contributed by atoms with Gasteiger partial charge in [-0.25, -0.2) is 4.79 Å². The van der Waals surface area contributed by atoms with Gasteiger partial charge in [0.2, 0.25) is 5.91 Å². The van der Waals surface area contributed by atoms with Crippen LogP contribution in [-0.4, -0.2) is 25.5 Å². The Labute approximate surface area is 114 Å². The van der Waals surface area contributed by atoms with Crippen LogP contribution < -0.4 is 11.1 Å². The molecule has 0 aliphatic rings. The van der Waals surface area contributed by atoms with E-state index < -0.39 is 0 Å². The van der Waals surface area contributed by atoms with Gasteiger partial charge in [0, 0.05) is 24.0 Å². The maximum atomic E-state index is 11.3. The molecule has 5 nitrogen and oxygen atoms in total. The highest BCUT2D eigenvalue weighted by Crippen LogP contribution is 2.19. The third-order valence-corrected chi connectivity index (χ3v) is 3.08. The zero-order chi connectivity index (χ0) is 13.5. The fourth-order valence-electron chi connectivity index (χ4n) is 1.37. The number of carbonyl (C=O) groups is 2. The topological polar surface area (TPSA) is 81.4 Å². The van der Waals surface area contributed by atoms with Crippen molar-refractivity contribution in [2.75, 3.05) is 13.7 Å². The summed E-state index contributed by atoms with van der Waals surface area (Å²) in [5, 5.41) is 3.09. The Hall–Kier alpha value is -1.40. The quantitative estimate of drug-likeness (QED) is 0.610. The molecule has 0 aliphatic heterocycles. The standard InChI is InChI=1S/C12H15BrN2O3/c1-18-12(17)8-2-3-9(10(13)6-8)7-15-5-4-11(14)16/h2-3,6,15H,4-5,7H2,1H3,(H2,14,16). The van der Waals surface area contributed by atoms with Crippen LogP contribution in [0.3, 0.4) is 0 Å². The number of hydrogen-bond donors (Lipinski definition) is 2. The maximum absolute atomic E-state index is 11.3. The summed E-state index contributed by atoms with van der Waals surface area (Å²) in [5.74, 6) is -0.702. The highest BCUT2D eigenvalue weighted by molar-refractivity contribution is 9.10. The number of ether oxygens (including phenoxy) is 1. The van der Waals surface area contributed by atoms with Crippen molar-refractivity contribution in [1.82, 2.24) is 5.32 Å². The summed E-state index contributed by atoms with van der Waals surface area (Å²) in [6.07, 6.45) is 0.303. The number of nitrogens with two attached hydrogens (primary N) is 1. The zero-order valence-corrected chi connectivity index (χ0v) is 11.6. The van der Waals surface area contributed by atoms with Crippen molar-refractivity contribution in [2.24, 2.45) is 5.73 Å². The number of esters is 1. The Morgan fingerprint density at radius 1 is 1.44 bits per heavy atom. The lowest BCUT2D eigenvalue weighted by Gasteiger charge is -2.07. The summed E-state index contributed by atoms with van der Waals surface area (Å²) >= 11 is 3.39. The molecule has 1 aromatic rings. The Morgan fingerprint density at radius 2 is 2.17 bits per heavy atom. The molecular formula is C12H15BrN2O3. The summed E-state index contributed by atoms with van der Waals surface area (Å²) in [4.78, 5) is 21.9. The number of primary amides is 1. The van der Waals surface area contributed by atoms with Crippen molar-refractivity contribution in [3.8, 4) is 0 Å². The van der Waals surface area contributed by atoms with E-state index in [1.165, 1.54) is 7.11 Å². The molecule has 6 heteroatoms. The van der Waals surface area contributed by atoms with Gasteiger partial charge in [0.15, 0.2) is 0 Å². The minimum atomic E-state index is -0.371. The van der Waals surface area contributed by atoms with Gasteiger partial charge in [-0.2, -0.15) is 0 Å². The Morgan fingerprint density at radius 3 is 2.72 bits per heavy atom. The first-order valence-corrected chi connectivity index (χ1v) is 6.19. The normalized spacial score (nSPS) is 10.1. The van der Waals surface area contributed by atoms with E-state index in [0.717, 1.165) is 10.0 Å². The molecule has 18 heavy (non-hydrogen) atoms. The summed E-state index contributed by atoms with van der Waals surface area (Å²) < 4.78 is 5.45. The van der Waals surface area contributed by atoms with Gasteiger partial charge in [-0.15, -0.1) is 0 Å². The lowest BCUT2D eigenvalue weighted by Crippen LogP contribution is -2.21. The average molecular weight is 315 g/mol. The summed E-state index contributed by atoms with van der Waals surface area (Å²) in [7, 11) is 1.34. The Bertz CT molecular complexity index is 449. The number of hydrogen-bond acceptors (Lipinski definition) is 4. The molecule has 1 rings (SSSR count). The molecule has 3 N–H and O–H groups in total. The van der Waals surface area contributed by atoms with Crippen LogP contribution in [0.2, 0.25) is 0 Å². The van der Waals surface area contributed by atoms with Gasteiger partial charge < -0.3 is 15.8 Å². The highest BCUT2D eigenvalue weighted by atomic mass is 79.9. The van der Waals surface area contributed by atoms with Crippen LogP contribution in [0.4, 0.5) is 0 Å². The summed E-state index contributed by atoms with van der Waals surface area (Å²) in [5.41, 5.74) is 6.51. The molecule has 0 fully saturated rings. The first kappa shape index (κ1) is 14.7. The third kappa shape index (κ3) is 4.46. The van der Waals surface area contributed by atoms with E-state index in [-0.39, 0.29) is 11.9 Å². The van der Waals surface area contributed by atoms with Gasteiger partial charge >= 0.3 is 5.97 Å². The maximum Gasteiger partial charge on any atom is 0.337 e. The van der Waals surface area contributed by atoms with Gasteiger partial charge in [0.25, 0.3) is 0 Å². The van der Waals surface area contributed by atoms with E-state index >= 15 is 0 Å².